The van der Waals surface area contributed by atoms with Gasteiger partial charge in [0.25, 0.3) is 0 Å². The Hall–Kier alpha value is -1.60. The number of halogens is 3. The highest BCUT2D eigenvalue weighted by Gasteiger charge is 2.77. The molecule has 1 N–H and O–H groups in total. The number of unbranched alkanes of at least 4 members (excludes halogenated alkanes) is 2. The fourth-order valence-corrected chi connectivity index (χ4v) is 8.53. The smallest absolute Gasteiger partial charge is 0.306 e. The summed E-state index contributed by atoms with van der Waals surface area (Å²) in [5.41, 5.74) is -6.28. The summed E-state index contributed by atoms with van der Waals surface area (Å²) in [6.07, 6.45) is 4.13. The fourth-order valence-electron chi connectivity index (χ4n) is 8.33. The van der Waals surface area contributed by atoms with E-state index in [1.807, 2.05) is 20.8 Å². The van der Waals surface area contributed by atoms with Crippen LogP contribution in [-0.2, 0) is 19.1 Å². The van der Waals surface area contributed by atoms with E-state index >= 15 is 4.39 Å². The number of aliphatic hydroxyl groups is 1. The van der Waals surface area contributed by atoms with Crippen LogP contribution in [0.2, 0.25) is 0 Å². The van der Waals surface area contributed by atoms with E-state index in [1.54, 1.807) is 6.92 Å². The summed E-state index contributed by atoms with van der Waals surface area (Å²) in [7, 11) is 0. The maximum absolute atomic E-state index is 17.3. The number of alkyl halides is 2. The number of rotatable bonds is 7. The maximum atomic E-state index is 17.3. The second kappa shape index (κ2) is 9.30. The number of esters is 1. The Morgan fingerprint density at radius 1 is 1.25 bits per heavy atom. The highest BCUT2D eigenvalue weighted by Crippen LogP contribution is 2.71. The van der Waals surface area contributed by atoms with Crippen molar-refractivity contribution in [1.29, 1.82) is 0 Å². The van der Waals surface area contributed by atoms with Gasteiger partial charge >= 0.3 is 5.97 Å². The molecule has 0 spiro atoms. The molecule has 8 atom stereocenters. The van der Waals surface area contributed by atoms with Crippen LogP contribution in [0.25, 0.3) is 0 Å². The van der Waals surface area contributed by atoms with Gasteiger partial charge in [-0.2, -0.15) is 0 Å². The first kappa shape index (κ1) is 27.4. The van der Waals surface area contributed by atoms with Gasteiger partial charge in [-0.25, -0.2) is 8.78 Å². The van der Waals surface area contributed by atoms with Gasteiger partial charge < -0.3 is 9.84 Å². The predicted molar refractivity (Wildman–Crippen MR) is 132 cm³/mol. The highest BCUT2D eigenvalue weighted by atomic mass is 35.5. The molecule has 3 fully saturated rings. The van der Waals surface area contributed by atoms with E-state index in [4.69, 9.17) is 16.3 Å². The van der Waals surface area contributed by atoms with Gasteiger partial charge in [0, 0.05) is 29.1 Å². The van der Waals surface area contributed by atoms with Crippen LogP contribution in [0.15, 0.2) is 23.6 Å². The van der Waals surface area contributed by atoms with E-state index in [9.17, 15) is 23.9 Å². The molecule has 3 saturated carbocycles. The van der Waals surface area contributed by atoms with Crippen molar-refractivity contribution in [1.82, 2.24) is 0 Å². The minimum atomic E-state index is -2.25. The number of allylic oxidation sites excluding steroid dienone is 4. The van der Waals surface area contributed by atoms with Gasteiger partial charge in [0.1, 0.15) is 0 Å². The number of hydrogen-bond donors (Lipinski definition) is 1. The Kier molecular flexibility index (Phi) is 7.09. The summed E-state index contributed by atoms with van der Waals surface area (Å²) >= 11 is 6.07. The molecule has 0 aromatic carbocycles. The molecule has 0 saturated heterocycles. The molecular weight excluding hydrogens is 490 g/mol. The fraction of sp³-hybridized carbons (Fsp3) is 0.750. The lowest BCUT2D eigenvalue weighted by atomic mass is 9.44. The zero-order valence-corrected chi connectivity index (χ0v) is 22.3. The average molecular weight is 527 g/mol. The van der Waals surface area contributed by atoms with Crippen molar-refractivity contribution in [2.75, 3.05) is 5.88 Å². The number of fused-ring (bicyclic) bond motifs is 5. The van der Waals surface area contributed by atoms with Crippen LogP contribution >= 0.6 is 11.6 Å². The van der Waals surface area contributed by atoms with Crippen molar-refractivity contribution in [3.8, 4) is 0 Å². The number of ether oxygens (including phenoxy) is 1. The van der Waals surface area contributed by atoms with E-state index in [0.29, 0.717) is 12.8 Å². The molecular formula is C28H37ClF2O5. The quantitative estimate of drug-likeness (QED) is 0.266. The van der Waals surface area contributed by atoms with E-state index in [1.165, 1.54) is 6.08 Å². The first-order chi connectivity index (χ1) is 16.8. The maximum Gasteiger partial charge on any atom is 0.306 e. The molecule has 0 aliphatic heterocycles. The summed E-state index contributed by atoms with van der Waals surface area (Å²) in [5.74, 6) is -4.58. The van der Waals surface area contributed by atoms with Crippen molar-refractivity contribution >= 4 is 29.1 Å². The van der Waals surface area contributed by atoms with E-state index < -0.39 is 69.3 Å². The van der Waals surface area contributed by atoms with Gasteiger partial charge in [-0.3, -0.25) is 14.4 Å². The molecule has 0 aromatic rings. The molecule has 0 aromatic heterocycles. The predicted octanol–water partition coefficient (Wildman–Crippen LogP) is 5.57. The van der Waals surface area contributed by atoms with Crippen LogP contribution in [-0.4, -0.2) is 45.9 Å². The van der Waals surface area contributed by atoms with Crippen LogP contribution in [0.1, 0.15) is 79.1 Å². The van der Waals surface area contributed by atoms with Crippen molar-refractivity contribution in [2.45, 2.75) is 96.4 Å². The lowest BCUT2D eigenvalue weighted by Crippen LogP contribution is -2.70. The van der Waals surface area contributed by atoms with Crippen molar-refractivity contribution < 1.29 is 33.0 Å². The number of carbonyl (C=O) groups is 3. The van der Waals surface area contributed by atoms with E-state index in [2.05, 4.69) is 0 Å². The summed E-state index contributed by atoms with van der Waals surface area (Å²) < 4.78 is 38.3. The van der Waals surface area contributed by atoms with Gasteiger partial charge in [0.05, 0.1) is 12.0 Å². The van der Waals surface area contributed by atoms with Crippen LogP contribution in [0.3, 0.4) is 0 Å². The van der Waals surface area contributed by atoms with Gasteiger partial charge in [-0.15, -0.1) is 11.6 Å². The number of ketones is 2. The standard InChI is InChI=1S/C28H37ClF2O5/c1-5-6-7-8-23(35)36-28(22(34)15-29)16(2)13-19-17-9-10-18-24(30)20(32)11-12-25(18,3)27(17,31)21(33)14-26(19,28)4/h11-12,16-17,19,21,33H,5-10,13-15H2,1-4H3/t16-,17+,19+,21+,25+,26+,27+,28+/m1/s1. The normalized spacial score (nSPS) is 43.6. The molecule has 200 valence electrons. The lowest BCUT2D eigenvalue weighted by molar-refractivity contribution is -0.227. The van der Waals surface area contributed by atoms with Crippen LogP contribution < -0.4 is 0 Å². The molecule has 0 unspecified atom stereocenters. The Bertz CT molecular complexity index is 1030. The zero-order valence-electron chi connectivity index (χ0n) is 21.5. The average Bonchev–Trinajstić information content (AvgIpc) is 3.04. The number of hydrogen-bond acceptors (Lipinski definition) is 5. The third kappa shape index (κ3) is 3.44. The number of aliphatic hydroxyl groups excluding tert-OH is 1. The molecule has 4 aliphatic carbocycles. The monoisotopic (exact) mass is 526 g/mol. The third-order valence-corrected chi connectivity index (χ3v) is 10.3. The molecule has 8 heteroatoms. The molecule has 4 aliphatic rings. The van der Waals surface area contributed by atoms with Crippen molar-refractivity contribution in [2.24, 2.45) is 28.6 Å². The topological polar surface area (TPSA) is 80.7 Å². The largest absolute Gasteiger partial charge is 0.450 e. The molecule has 4 rings (SSSR count). The molecule has 0 bridgehead atoms. The van der Waals surface area contributed by atoms with Crippen molar-refractivity contribution in [3.63, 3.8) is 0 Å². The first-order valence-electron chi connectivity index (χ1n) is 13.2. The van der Waals surface area contributed by atoms with E-state index in [0.717, 1.165) is 18.9 Å². The SMILES string of the molecule is CCCCCC(=O)O[C@]1(C(=O)CCl)[C@H](C)C[C@H]2[C@@H]3CCC4=C(F)C(=O)C=C[C@]4(C)[C@@]3(F)[C@@H](O)C[C@@]21C. The minimum absolute atomic E-state index is 0.0906. The molecule has 0 heterocycles. The highest BCUT2D eigenvalue weighted by molar-refractivity contribution is 6.29. The second-order valence-corrected chi connectivity index (χ2v) is 12.0. The Balaban J connectivity index is 1.78. The van der Waals surface area contributed by atoms with Gasteiger partial charge in [-0.05, 0) is 56.6 Å². The molecule has 36 heavy (non-hydrogen) atoms. The zero-order chi connectivity index (χ0) is 26.7. The van der Waals surface area contributed by atoms with Gasteiger partial charge in [-0.1, -0.05) is 39.7 Å². The van der Waals surface area contributed by atoms with E-state index in [-0.39, 0.29) is 37.1 Å². The number of carbonyl (C=O) groups excluding carboxylic acids is 3. The first-order valence-corrected chi connectivity index (χ1v) is 13.7. The molecule has 0 radical (unpaired) electrons. The van der Waals surface area contributed by atoms with Gasteiger partial charge in [0.15, 0.2) is 22.9 Å². The Labute approximate surface area is 216 Å². The van der Waals surface area contributed by atoms with Crippen LogP contribution in [0.5, 0.6) is 0 Å². The Morgan fingerprint density at radius 3 is 2.58 bits per heavy atom. The lowest BCUT2D eigenvalue weighted by Gasteiger charge is -2.62. The summed E-state index contributed by atoms with van der Waals surface area (Å²) in [6.45, 7) is 7.21. The minimum Gasteiger partial charge on any atom is -0.450 e. The summed E-state index contributed by atoms with van der Waals surface area (Å²) in [6, 6.07) is 0. The summed E-state index contributed by atoms with van der Waals surface area (Å²) in [4.78, 5) is 38.5. The third-order valence-electron chi connectivity index (χ3n) is 10.1. The number of Topliss-reactive ketones (excluding diaryl/α,β-unsaturated/α-hetero) is 1. The second-order valence-electron chi connectivity index (χ2n) is 11.7. The van der Waals surface area contributed by atoms with Crippen LogP contribution in [0, 0.1) is 28.6 Å². The van der Waals surface area contributed by atoms with Crippen molar-refractivity contribution in [3.05, 3.63) is 23.6 Å². The summed E-state index contributed by atoms with van der Waals surface area (Å²) in [5, 5.41) is 11.5. The van der Waals surface area contributed by atoms with Crippen LogP contribution in [0.4, 0.5) is 8.78 Å². The van der Waals surface area contributed by atoms with Gasteiger partial charge in [0.2, 0.25) is 5.78 Å². The molecule has 5 nitrogen and oxygen atoms in total. The Morgan fingerprint density at radius 2 is 1.94 bits per heavy atom. The molecule has 0 amide bonds.